The Morgan fingerprint density at radius 1 is 1.07 bits per heavy atom. The van der Waals surface area contributed by atoms with Crippen LogP contribution in [0.5, 0.6) is 0 Å². The van der Waals surface area contributed by atoms with Crippen LogP contribution in [0.4, 0.5) is 10.1 Å². The highest BCUT2D eigenvalue weighted by Gasteiger charge is 2.38. The zero-order valence-corrected chi connectivity index (χ0v) is 26.2. The largest absolute Gasteiger partial charge is 0.324 e. The van der Waals surface area contributed by atoms with Gasteiger partial charge in [-0.05, 0) is 73.7 Å². The summed E-state index contributed by atoms with van der Waals surface area (Å²) in [6, 6.07) is 16.2. The molecule has 3 aromatic carbocycles. The Morgan fingerprint density at radius 2 is 1.76 bits per heavy atom. The average molecular weight is 636 g/mol. The van der Waals surface area contributed by atoms with Gasteiger partial charge in [0.05, 0.1) is 10.9 Å². The lowest BCUT2D eigenvalue weighted by atomic mass is 9.82. The Hall–Kier alpha value is -2.53. The summed E-state index contributed by atoms with van der Waals surface area (Å²) in [5.74, 6) is -1.17. The summed E-state index contributed by atoms with van der Waals surface area (Å²) in [5.41, 5.74) is 7.97. The van der Waals surface area contributed by atoms with Crippen molar-refractivity contribution in [3.8, 4) is 0 Å². The molecule has 7 nitrogen and oxygen atoms in total. The highest BCUT2D eigenvalue weighted by atomic mass is 35.5. The molecular weight excluding hydrogens is 598 g/mol. The van der Waals surface area contributed by atoms with Gasteiger partial charge in [-0.2, -0.15) is 4.31 Å². The van der Waals surface area contributed by atoms with Crippen molar-refractivity contribution in [1.29, 1.82) is 0 Å². The highest BCUT2D eigenvalue weighted by Crippen LogP contribution is 2.31. The average Bonchev–Trinajstić information content (AvgIpc) is 2.93. The van der Waals surface area contributed by atoms with Crippen molar-refractivity contribution in [3.63, 3.8) is 0 Å². The lowest BCUT2D eigenvalue weighted by Crippen LogP contribution is -2.58. The molecule has 1 amide bonds. The topological polar surface area (TPSA) is 105 Å². The standard InChI is InChI=1S/C31H37Cl2FN4O3S/c1-19(2)29(21-10-12-22(32)13-11-21)30(35)31(39)37-28-9-5-8-27(34)26(28)15-14-24-18-36-17-20(3)38(24)42(40,41)25-7-4-6-23(33)16-25/h4-13,16,19-20,24,29-30,36H,14-15,17-18,35H2,1-3H3,(H,37,39)/t20-,24-,29+,30-/m0/s1. The molecule has 42 heavy (non-hydrogen) atoms. The normalized spacial score (nSPS) is 19.4. The first-order valence-electron chi connectivity index (χ1n) is 14.0. The van der Waals surface area contributed by atoms with Crippen molar-refractivity contribution in [1.82, 2.24) is 9.62 Å². The van der Waals surface area contributed by atoms with E-state index in [-0.39, 0.29) is 29.2 Å². The molecule has 1 aliphatic rings. The maximum atomic E-state index is 15.2. The van der Waals surface area contributed by atoms with E-state index in [1.165, 1.54) is 28.6 Å². The first kappa shape index (κ1) is 32.4. The molecule has 226 valence electrons. The van der Waals surface area contributed by atoms with Crippen LogP contribution in [0.2, 0.25) is 10.0 Å². The van der Waals surface area contributed by atoms with E-state index in [2.05, 4.69) is 10.6 Å². The molecule has 3 aromatic rings. The third-order valence-electron chi connectivity index (χ3n) is 7.75. The predicted octanol–water partition coefficient (Wildman–Crippen LogP) is 5.82. The molecular formula is C31H37Cl2FN4O3S. The molecule has 1 heterocycles. The van der Waals surface area contributed by atoms with E-state index < -0.39 is 33.8 Å². The summed E-state index contributed by atoms with van der Waals surface area (Å²) in [6.45, 7) is 6.70. The number of carbonyl (C=O) groups excluding carboxylic acids is 1. The molecule has 0 radical (unpaired) electrons. The molecule has 0 bridgehead atoms. The SMILES string of the molecule is CC(C)[C@H](c1ccc(Cl)cc1)[C@H](N)C(=O)Nc1cccc(F)c1CC[C@H]1CNC[C@H](C)N1S(=O)(=O)c1cccc(Cl)c1. The lowest BCUT2D eigenvalue weighted by Gasteiger charge is -2.40. The van der Waals surface area contributed by atoms with Crippen molar-refractivity contribution in [2.24, 2.45) is 11.7 Å². The van der Waals surface area contributed by atoms with E-state index in [1.54, 1.807) is 30.3 Å². The Kier molecular flexibility index (Phi) is 10.7. The number of benzene rings is 3. The number of hydrogen-bond acceptors (Lipinski definition) is 5. The fraction of sp³-hybridized carbons (Fsp3) is 0.387. The number of nitrogens with two attached hydrogens (primary N) is 1. The van der Waals surface area contributed by atoms with E-state index in [9.17, 15) is 13.2 Å². The second kappa shape index (κ2) is 13.8. The summed E-state index contributed by atoms with van der Waals surface area (Å²) in [7, 11) is -3.86. The number of halogens is 3. The van der Waals surface area contributed by atoms with Crippen LogP contribution in [0.3, 0.4) is 0 Å². The van der Waals surface area contributed by atoms with E-state index in [1.807, 2.05) is 32.9 Å². The number of amides is 1. The first-order valence-corrected chi connectivity index (χ1v) is 16.2. The van der Waals surface area contributed by atoms with Gasteiger partial charge in [0.15, 0.2) is 0 Å². The van der Waals surface area contributed by atoms with Crippen molar-refractivity contribution < 1.29 is 17.6 Å². The zero-order chi connectivity index (χ0) is 30.6. The van der Waals surface area contributed by atoms with Crippen LogP contribution >= 0.6 is 23.2 Å². The molecule has 4 N–H and O–H groups in total. The molecule has 0 unspecified atom stereocenters. The molecule has 11 heteroatoms. The minimum absolute atomic E-state index is 0.0483. The van der Waals surface area contributed by atoms with Gasteiger partial charge in [-0.15, -0.1) is 0 Å². The van der Waals surface area contributed by atoms with Gasteiger partial charge < -0.3 is 16.4 Å². The maximum Gasteiger partial charge on any atom is 0.243 e. The fourth-order valence-electron chi connectivity index (χ4n) is 5.72. The van der Waals surface area contributed by atoms with Crippen LogP contribution in [-0.4, -0.2) is 49.8 Å². The third-order valence-corrected chi connectivity index (χ3v) is 10.3. The van der Waals surface area contributed by atoms with Crippen LogP contribution < -0.4 is 16.4 Å². The van der Waals surface area contributed by atoms with Crippen molar-refractivity contribution >= 4 is 44.8 Å². The number of anilines is 1. The van der Waals surface area contributed by atoms with Crippen LogP contribution in [0, 0.1) is 11.7 Å². The molecule has 0 aliphatic carbocycles. The minimum Gasteiger partial charge on any atom is -0.324 e. The number of nitrogens with zero attached hydrogens (tertiary/aromatic N) is 1. The van der Waals surface area contributed by atoms with E-state index in [0.717, 1.165) is 5.56 Å². The quantitative estimate of drug-likeness (QED) is 0.261. The number of hydrogen-bond donors (Lipinski definition) is 3. The van der Waals surface area contributed by atoms with Gasteiger partial charge >= 0.3 is 0 Å². The van der Waals surface area contributed by atoms with Crippen LogP contribution in [0.15, 0.2) is 71.6 Å². The second-order valence-electron chi connectivity index (χ2n) is 11.1. The van der Waals surface area contributed by atoms with Crippen molar-refractivity contribution in [2.45, 2.75) is 62.6 Å². The fourth-order valence-corrected chi connectivity index (χ4v) is 7.99. The molecule has 4 rings (SSSR count). The highest BCUT2D eigenvalue weighted by molar-refractivity contribution is 7.89. The summed E-state index contributed by atoms with van der Waals surface area (Å²) in [6.07, 6.45) is 0.523. The maximum absolute atomic E-state index is 15.2. The van der Waals surface area contributed by atoms with E-state index in [4.69, 9.17) is 28.9 Å². The summed E-state index contributed by atoms with van der Waals surface area (Å²) >= 11 is 12.1. The summed E-state index contributed by atoms with van der Waals surface area (Å²) in [5, 5.41) is 7.05. The van der Waals surface area contributed by atoms with Gasteiger partial charge in [0, 0.05) is 52.4 Å². The zero-order valence-electron chi connectivity index (χ0n) is 23.9. The van der Waals surface area contributed by atoms with Gasteiger partial charge in [0.1, 0.15) is 5.82 Å². The first-order chi connectivity index (χ1) is 19.9. The molecule has 0 saturated carbocycles. The van der Waals surface area contributed by atoms with Crippen molar-refractivity contribution in [3.05, 3.63) is 93.7 Å². The summed E-state index contributed by atoms with van der Waals surface area (Å²) in [4.78, 5) is 13.5. The van der Waals surface area contributed by atoms with Crippen LogP contribution in [0.1, 0.15) is 44.2 Å². The smallest absolute Gasteiger partial charge is 0.243 e. The molecule has 1 aliphatic heterocycles. The molecule has 1 fully saturated rings. The number of carbonyl (C=O) groups is 1. The number of piperazine rings is 1. The number of rotatable bonds is 10. The Labute approximate surface area is 257 Å². The van der Waals surface area contributed by atoms with Gasteiger partial charge in [-0.3, -0.25) is 4.79 Å². The number of nitrogens with one attached hydrogen (secondary N) is 2. The Balaban J connectivity index is 1.54. The Morgan fingerprint density at radius 3 is 2.43 bits per heavy atom. The van der Waals surface area contributed by atoms with Gasteiger partial charge in [-0.25, -0.2) is 12.8 Å². The molecule has 4 atom stereocenters. The third kappa shape index (κ3) is 7.33. The Bertz CT molecular complexity index is 1500. The monoisotopic (exact) mass is 634 g/mol. The predicted molar refractivity (Wildman–Crippen MR) is 167 cm³/mol. The van der Waals surface area contributed by atoms with Crippen LogP contribution in [0.25, 0.3) is 0 Å². The molecule has 0 spiro atoms. The van der Waals surface area contributed by atoms with Gasteiger partial charge in [0.25, 0.3) is 0 Å². The van der Waals surface area contributed by atoms with E-state index in [0.29, 0.717) is 40.8 Å². The van der Waals surface area contributed by atoms with Crippen LogP contribution in [-0.2, 0) is 21.2 Å². The van der Waals surface area contributed by atoms with Crippen molar-refractivity contribution in [2.75, 3.05) is 18.4 Å². The van der Waals surface area contributed by atoms with Gasteiger partial charge in [-0.1, -0.05) is 61.3 Å². The summed E-state index contributed by atoms with van der Waals surface area (Å²) < 4.78 is 44.0. The molecule has 1 saturated heterocycles. The molecule has 0 aromatic heterocycles. The lowest BCUT2D eigenvalue weighted by molar-refractivity contribution is -0.118. The van der Waals surface area contributed by atoms with E-state index >= 15 is 4.39 Å². The number of sulfonamides is 1. The minimum atomic E-state index is -3.86. The second-order valence-corrected chi connectivity index (χ2v) is 13.8. The van der Waals surface area contributed by atoms with Gasteiger partial charge in [0.2, 0.25) is 15.9 Å².